The zero-order valence-corrected chi connectivity index (χ0v) is 16.2. The molecule has 4 rings (SSSR count). The number of hydrogen-bond acceptors (Lipinski definition) is 3. The molecule has 1 saturated heterocycles. The van der Waals surface area contributed by atoms with E-state index in [2.05, 4.69) is 22.3 Å². The quantitative estimate of drug-likeness (QED) is 0.671. The highest BCUT2D eigenvalue weighted by atomic mass is 35.5. The van der Waals surface area contributed by atoms with E-state index in [1.807, 2.05) is 60.7 Å². The van der Waals surface area contributed by atoms with Gasteiger partial charge in [-0.3, -0.25) is 4.79 Å². The molecule has 1 heterocycles. The summed E-state index contributed by atoms with van der Waals surface area (Å²) in [6, 6.07) is 23.3. The minimum Gasteiger partial charge on any atom is -0.378 e. The van der Waals surface area contributed by atoms with Gasteiger partial charge in [-0.1, -0.05) is 60.1 Å². The fraction of sp³-hybridized carbons (Fsp3) is 0.174. The zero-order valence-electron chi connectivity index (χ0n) is 15.4. The van der Waals surface area contributed by atoms with Gasteiger partial charge in [0.2, 0.25) is 0 Å². The number of rotatable bonds is 4. The average Bonchev–Trinajstić information content (AvgIpc) is 2.75. The molecule has 0 atom stereocenters. The van der Waals surface area contributed by atoms with Crippen molar-refractivity contribution in [2.45, 2.75) is 0 Å². The van der Waals surface area contributed by atoms with Crippen molar-refractivity contribution in [3.05, 3.63) is 83.4 Å². The van der Waals surface area contributed by atoms with Crippen molar-refractivity contribution in [1.29, 1.82) is 0 Å². The predicted molar refractivity (Wildman–Crippen MR) is 114 cm³/mol. The number of amides is 1. The zero-order chi connectivity index (χ0) is 19.3. The molecule has 3 aromatic rings. The van der Waals surface area contributed by atoms with Crippen LogP contribution < -0.4 is 10.2 Å². The van der Waals surface area contributed by atoms with Crippen molar-refractivity contribution in [3.63, 3.8) is 0 Å². The third kappa shape index (κ3) is 4.03. The van der Waals surface area contributed by atoms with Gasteiger partial charge in [0.25, 0.3) is 5.91 Å². The summed E-state index contributed by atoms with van der Waals surface area (Å²) in [5.41, 5.74) is 4.37. The third-order valence-electron chi connectivity index (χ3n) is 4.82. The number of para-hydroxylation sites is 1. The second-order valence-corrected chi connectivity index (χ2v) is 7.04. The minimum atomic E-state index is -0.156. The first-order chi connectivity index (χ1) is 13.7. The fourth-order valence-electron chi connectivity index (χ4n) is 3.36. The Morgan fingerprint density at radius 3 is 2.25 bits per heavy atom. The van der Waals surface area contributed by atoms with Crippen LogP contribution in [0.3, 0.4) is 0 Å². The number of carbonyl (C=O) groups excluding carboxylic acids is 1. The minimum absolute atomic E-state index is 0.156. The first kappa shape index (κ1) is 18.5. The number of morpholine rings is 1. The lowest BCUT2D eigenvalue weighted by Crippen LogP contribution is -2.37. The van der Waals surface area contributed by atoms with Gasteiger partial charge in [-0.15, -0.1) is 0 Å². The lowest BCUT2D eigenvalue weighted by Gasteiger charge is -2.31. The normalized spacial score (nSPS) is 14.0. The summed E-state index contributed by atoms with van der Waals surface area (Å²) in [4.78, 5) is 15.0. The maximum Gasteiger partial charge on any atom is 0.255 e. The second kappa shape index (κ2) is 8.46. The third-order valence-corrected chi connectivity index (χ3v) is 5.12. The van der Waals surface area contributed by atoms with Crippen LogP contribution in [0.25, 0.3) is 11.1 Å². The molecule has 1 aliphatic heterocycles. The summed E-state index contributed by atoms with van der Waals surface area (Å²) in [5.74, 6) is -0.156. The lowest BCUT2D eigenvalue weighted by atomic mass is 10.0. The summed E-state index contributed by atoms with van der Waals surface area (Å²) in [7, 11) is 0. The van der Waals surface area contributed by atoms with Crippen LogP contribution in [0, 0.1) is 0 Å². The first-order valence-corrected chi connectivity index (χ1v) is 9.68. The first-order valence-electron chi connectivity index (χ1n) is 9.30. The van der Waals surface area contributed by atoms with Crippen LogP contribution in [0.5, 0.6) is 0 Å². The Bertz CT molecular complexity index is 952. The van der Waals surface area contributed by atoms with Gasteiger partial charge in [-0.2, -0.15) is 0 Å². The van der Waals surface area contributed by atoms with E-state index in [4.69, 9.17) is 16.3 Å². The van der Waals surface area contributed by atoms with Gasteiger partial charge in [0.05, 0.1) is 29.6 Å². The van der Waals surface area contributed by atoms with Crippen LogP contribution in [-0.4, -0.2) is 32.2 Å². The van der Waals surface area contributed by atoms with Crippen LogP contribution in [0.15, 0.2) is 72.8 Å². The van der Waals surface area contributed by atoms with Crippen molar-refractivity contribution in [2.24, 2.45) is 0 Å². The Morgan fingerprint density at radius 2 is 1.54 bits per heavy atom. The molecule has 1 fully saturated rings. The molecule has 1 amide bonds. The van der Waals surface area contributed by atoms with Gasteiger partial charge in [-0.25, -0.2) is 0 Å². The predicted octanol–water partition coefficient (Wildman–Crippen LogP) is 5.10. The van der Waals surface area contributed by atoms with Crippen molar-refractivity contribution in [1.82, 2.24) is 0 Å². The smallest absolute Gasteiger partial charge is 0.255 e. The molecular formula is C23H21ClN2O2. The van der Waals surface area contributed by atoms with Gasteiger partial charge in [0.1, 0.15) is 0 Å². The molecule has 0 aliphatic carbocycles. The molecule has 5 heteroatoms. The Labute approximate surface area is 169 Å². The highest BCUT2D eigenvalue weighted by Crippen LogP contribution is 2.34. The van der Waals surface area contributed by atoms with E-state index in [0.717, 1.165) is 29.9 Å². The molecule has 0 aromatic heterocycles. The van der Waals surface area contributed by atoms with Crippen molar-refractivity contribution < 1.29 is 9.53 Å². The van der Waals surface area contributed by atoms with Gasteiger partial charge >= 0.3 is 0 Å². The van der Waals surface area contributed by atoms with E-state index < -0.39 is 0 Å². The summed E-state index contributed by atoms with van der Waals surface area (Å²) in [6.45, 7) is 2.80. The van der Waals surface area contributed by atoms with E-state index in [0.29, 0.717) is 29.5 Å². The van der Waals surface area contributed by atoms with Crippen molar-refractivity contribution in [2.75, 3.05) is 36.5 Å². The van der Waals surface area contributed by atoms with Crippen LogP contribution in [0.2, 0.25) is 5.02 Å². The van der Waals surface area contributed by atoms with E-state index in [-0.39, 0.29) is 5.91 Å². The van der Waals surface area contributed by atoms with E-state index >= 15 is 0 Å². The molecule has 0 spiro atoms. The van der Waals surface area contributed by atoms with E-state index in [1.165, 1.54) is 0 Å². The number of nitrogens with zero attached hydrogens (tertiary/aromatic N) is 1. The molecule has 0 radical (unpaired) electrons. The Balaban J connectivity index is 1.55. The SMILES string of the molecule is O=C(Nc1cccc(Cl)c1N1CCOCC1)c1ccc(-c2ccccc2)cc1. The molecule has 1 N–H and O–H groups in total. The van der Waals surface area contributed by atoms with Gasteiger partial charge in [-0.05, 0) is 35.4 Å². The standard InChI is InChI=1S/C23H21ClN2O2/c24-20-7-4-8-21(22(20)26-13-15-28-16-14-26)25-23(27)19-11-9-18(10-12-19)17-5-2-1-3-6-17/h1-12H,13-16H2,(H,25,27). The number of ether oxygens (including phenoxy) is 1. The molecule has 28 heavy (non-hydrogen) atoms. The lowest BCUT2D eigenvalue weighted by molar-refractivity contribution is 0.102. The largest absolute Gasteiger partial charge is 0.378 e. The number of halogens is 1. The van der Waals surface area contributed by atoms with Gasteiger partial charge < -0.3 is 15.0 Å². The summed E-state index contributed by atoms with van der Waals surface area (Å²) in [6.07, 6.45) is 0. The van der Waals surface area contributed by atoms with E-state index in [9.17, 15) is 4.79 Å². The second-order valence-electron chi connectivity index (χ2n) is 6.63. The number of carbonyl (C=O) groups is 1. The molecule has 4 nitrogen and oxygen atoms in total. The highest BCUT2D eigenvalue weighted by Gasteiger charge is 2.19. The molecule has 3 aromatic carbocycles. The number of nitrogens with one attached hydrogen (secondary N) is 1. The Morgan fingerprint density at radius 1 is 0.857 bits per heavy atom. The van der Waals surface area contributed by atoms with E-state index in [1.54, 1.807) is 0 Å². The average molecular weight is 393 g/mol. The summed E-state index contributed by atoms with van der Waals surface area (Å²) in [5, 5.41) is 3.64. The fourth-order valence-corrected chi connectivity index (χ4v) is 3.66. The van der Waals surface area contributed by atoms with Crippen LogP contribution in [-0.2, 0) is 4.74 Å². The van der Waals surface area contributed by atoms with Crippen LogP contribution >= 0.6 is 11.6 Å². The topological polar surface area (TPSA) is 41.6 Å². The number of hydrogen-bond donors (Lipinski definition) is 1. The van der Waals surface area contributed by atoms with Crippen LogP contribution in [0.1, 0.15) is 10.4 Å². The molecule has 142 valence electrons. The van der Waals surface area contributed by atoms with Crippen molar-refractivity contribution >= 4 is 28.9 Å². The monoisotopic (exact) mass is 392 g/mol. The van der Waals surface area contributed by atoms with Gasteiger partial charge in [0.15, 0.2) is 0 Å². The Kier molecular flexibility index (Phi) is 5.60. The number of benzene rings is 3. The molecule has 1 aliphatic rings. The van der Waals surface area contributed by atoms with Gasteiger partial charge in [0, 0.05) is 18.7 Å². The maximum absolute atomic E-state index is 12.8. The summed E-state index contributed by atoms with van der Waals surface area (Å²) >= 11 is 6.45. The number of anilines is 2. The summed E-state index contributed by atoms with van der Waals surface area (Å²) < 4.78 is 5.43. The van der Waals surface area contributed by atoms with Crippen LogP contribution in [0.4, 0.5) is 11.4 Å². The molecule has 0 bridgehead atoms. The molecule has 0 unspecified atom stereocenters. The maximum atomic E-state index is 12.8. The Hall–Kier alpha value is -2.82. The molecular weight excluding hydrogens is 372 g/mol. The highest BCUT2D eigenvalue weighted by molar-refractivity contribution is 6.34. The van der Waals surface area contributed by atoms with Crippen molar-refractivity contribution in [3.8, 4) is 11.1 Å². The molecule has 0 saturated carbocycles.